The van der Waals surface area contributed by atoms with Crippen molar-refractivity contribution < 1.29 is 0 Å². The fourth-order valence-corrected chi connectivity index (χ4v) is 3.26. The average molecular weight is 483 g/mol. The van der Waals surface area contributed by atoms with Gasteiger partial charge in [0.25, 0.3) is 0 Å². The van der Waals surface area contributed by atoms with E-state index in [-0.39, 0.29) is 29.4 Å². The Balaban J connectivity index is 0.00000364. The number of hydrogen-bond donors (Lipinski definition) is 2. The largest absolute Gasteiger partial charge is 0.357 e. The Morgan fingerprint density at radius 2 is 1.81 bits per heavy atom. The lowest BCUT2D eigenvalue weighted by molar-refractivity contribution is 0.407. The van der Waals surface area contributed by atoms with E-state index in [4.69, 9.17) is 4.99 Å². The molecule has 1 aromatic heterocycles. The predicted octanol–water partition coefficient (Wildman–Crippen LogP) is 3.89. The summed E-state index contributed by atoms with van der Waals surface area (Å²) in [4.78, 5) is 4.91. The summed E-state index contributed by atoms with van der Waals surface area (Å²) in [5.41, 5.74) is 2.70. The molecule has 1 heterocycles. The summed E-state index contributed by atoms with van der Waals surface area (Å²) < 4.78 is 1.84. The molecule has 150 valence electrons. The van der Waals surface area contributed by atoms with Crippen molar-refractivity contribution in [1.29, 1.82) is 0 Å². The molecule has 0 atom stereocenters. The van der Waals surface area contributed by atoms with Crippen LogP contribution in [0, 0.1) is 0 Å². The zero-order chi connectivity index (χ0) is 18.8. The fraction of sp³-hybridized carbons (Fsp3) is 0.524. The molecule has 0 aliphatic carbocycles. The third-order valence-electron chi connectivity index (χ3n) is 5.09. The highest BCUT2D eigenvalue weighted by Crippen LogP contribution is 2.31. The Kier molecular flexibility index (Phi) is 10.4. The molecule has 0 saturated heterocycles. The summed E-state index contributed by atoms with van der Waals surface area (Å²) in [5.74, 6) is 0.888. The van der Waals surface area contributed by atoms with Crippen LogP contribution < -0.4 is 10.6 Å². The Morgan fingerprint density at radius 3 is 2.37 bits per heavy atom. The molecule has 27 heavy (non-hydrogen) atoms. The number of rotatable bonds is 9. The van der Waals surface area contributed by atoms with Crippen molar-refractivity contribution in [3.63, 3.8) is 0 Å². The summed E-state index contributed by atoms with van der Waals surface area (Å²) in [6, 6.07) is 10.8. The third-order valence-corrected chi connectivity index (χ3v) is 5.09. The summed E-state index contributed by atoms with van der Waals surface area (Å²) in [6.45, 7) is 9.10. The van der Waals surface area contributed by atoms with Crippen LogP contribution in [0.25, 0.3) is 0 Å². The average Bonchev–Trinajstić information content (AvgIpc) is 3.09. The van der Waals surface area contributed by atoms with Gasteiger partial charge in [-0.2, -0.15) is 5.10 Å². The topological polar surface area (TPSA) is 54.2 Å². The zero-order valence-corrected chi connectivity index (χ0v) is 19.4. The molecular formula is C21H34IN5. The van der Waals surface area contributed by atoms with Gasteiger partial charge in [-0.15, -0.1) is 24.0 Å². The van der Waals surface area contributed by atoms with Crippen LogP contribution in [-0.2, 0) is 18.9 Å². The first kappa shape index (κ1) is 23.5. The van der Waals surface area contributed by atoms with Gasteiger partial charge in [0.1, 0.15) is 0 Å². The van der Waals surface area contributed by atoms with Crippen molar-refractivity contribution in [1.82, 2.24) is 20.4 Å². The van der Waals surface area contributed by atoms with E-state index in [0.29, 0.717) is 0 Å². The Hall–Kier alpha value is -1.57. The zero-order valence-electron chi connectivity index (χ0n) is 17.0. The minimum absolute atomic E-state index is 0. The summed E-state index contributed by atoms with van der Waals surface area (Å²) >= 11 is 0. The molecule has 2 N–H and O–H groups in total. The number of aryl methyl sites for hydroxylation is 1. The Morgan fingerprint density at radius 1 is 1.11 bits per heavy atom. The molecule has 0 radical (unpaired) electrons. The van der Waals surface area contributed by atoms with Crippen molar-refractivity contribution in [3.05, 3.63) is 53.9 Å². The van der Waals surface area contributed by atoms with Crippen LogP contribution in [0.3, 0.4) is 0 Å². The van der Waals surface area contributed by atoms with E-state index in [1.807, 2.05) is 17.9 Å². The van der Waals surface area contributed by atoms with E-state index in [0.717, 1.165) is 44.9 Å². The van der Waals surface area contributed by atoms with Crippen molar-refractivity contribution in [2.75, 3.05) is 19.6 Å². The predicted molar refractivity (Wildman–Crippen MR) is 125 cm³/mol. The molecule has 0 amide bonds. The van der Waals surface area contributed by atoms with Gasteiger partial charge in [-0.1, -0.05) is 44.2 Å². The first-order valence-corrected chi connectivity index (χ1v) is 9.68. The molecule has 0 fully saturated rings. The van der Waals surface area contributed by atoms with Crippen LogP contribution in [0.5, 0.6) is 0 Å². The summed E-state index contributed by atoms with van der Waals surface area (Å²) in [7, 11) is 1.95. The van der Waals surface area contributed by atoms with Gasteiger partial charge in [0, 0.05) is 31.7 Å². The summed E-state index contributed by atoms with van der Waals surface area (Å²) in [6.07, 6.45) is 7.06. The molecule has 1 aromatic carbocycles. The van der Waals surface area contributed by atoms with Crippen molar-refractivity contribution >= 4 is 29.9 Å². The van der Waals surface area contributed by atoms with Gasteiger partial charge in [0.2, 0.25) is 0 Å². The second kappa shape index (κ2) is 12.0. The first-order chi connectivity index (χ1) is 12.6. The molecule has 0 aliphatic heterocycles. The number of nitrogens with zero attached hydrogens (tertiary/aromatic N) is 3. The number of aliphatic imine (C=N–C) groups is 1. The second-order valence-electron chi connectivity index (χ2n) is 6.75. The van der Waals surface area contributed by atoms with Gasteiger partial charge in [-0.3, -0.25) is 9.67 Å². The van der Waals surface area contributed by atoms with E-state index in [9.17, 15) is 0 Å². The first-order valence-electron chi connectivity index (χ1n) is 9.68. The van der Waals surface area contributed by atoms with Crippen LogP contribution in [0.1, 0.15) is 44.7 Å². The number of halogens is 1. The Bertz CT molecular complexity index is 677. The van der Waals surface area contributed by atoms with Gasteiger partial charge in [-0.25, -0.2) is 0 Å². The van der Waals surface area contributed by atoms with E-state index in [1.165, 1.54) is 11.1 Å². The molecular weight excluding hydrogens is 449 g/mol. The van der Waals surface area contributed by atoms with E-state index >= 15 is 0 Å². The van der Waals surface area contributed by atoms with Gasteiger partial charge >= 0.3 is 0 Å². The van der Waals surface area contributed by atoms with Gasteiger partial charge in [-0.05, 0) is 37.3 Å². The van der Waals surface area contributed by atoms with E-state index < -0.39 is 0 Å². The van der Waals surface area contributed by atoms with Crippen LogP contribution >= 0.6 is 24.0 Å². The van der Waals surface area contributed by atoms with Crippen molar-refractivity contribution in [2.45, 2.75) is 45.4 Å². The number of hydrogen-bond acceptors (Lipinski definition) is 2. The highest BCUT2D eigenvalue weighted by Gasteiger charge is 2.28. The van der Waals surface area contributed by atoms with Gasteiger partial charge in [0.05, 0.1) is 12.7 Å². The second-order valence-corrected chi connectivity index (χ2v) is 6.75. The quantitative estimate of drug-likeness (QED) is 0.323. The number of aromatic nitrogens is 2. The number of nitrogens with one attached hydrogen (secondary N) is 2. The SMILES string of the molecule is CCNC(=NCC(CC)(CC)c1ccccc1)NCCc1cnn(C)c1.I. The highest BCUT2D eigenvalue weighted by molar-refractivity contribution is 14.0. The minimum atomic E-state index is 0. The molecule has 5 nitrogen and oxygen atoms in total. The lowest BCUT2D eigenvalue weighted by Gasteiger charge is -2.31. The molecule has 2 rings (SSSR count). The molecule has 0 unspecified atom stereocenters. The molecule has 0 aliphatic rings. The Labute approximate surface area is 181 Å². The minimum Gasteiger partial charge on any atom is -0.357 e. The van der Waals surface area contributed by atoms with E-state index in [1.54, 1.807) is 0 Å². The smallest absolute Gasteiger partial charge is 0.191 e. The lowest BCUT2D eigenvalue weighted by atomic mass is 9.76. The van der Waals surface area contributed by atoms with Crippen LogP contribution in [0.15, 0.2) is 47.7 Å². The maximum Gasteiger partial charge on any atom is 0.191 e. The lowest BCUT2D eigenvalue weighted by Crippen LogP contribution is -2.40. The summed E-state index contributed by atoms with van der Waals surface area (Å²) in [5, 5.41) is 11.0. The van der Waals surface area contributed by atoms with Crippen LogP contribution in [0.4, 0.5) is 0 Å². The van der Waals surface area contributed by atoms with Crippen molar-refractivity contribution in [2.24, 2.45) is 12.0 Å². The highest BCUT2D eigenvalue weighted by atomic mass is 127. The normalized spacial score (nSPS) is 11.8. The van der Waals surface area contributed by atoms with E-state index in [2.05, 4.69) is 73.0 Å². The maximum atomic E-state index is 4.91. The molecule has 0 saturated carbocycles. The monoisotopic (exact) mass is 483 g/mol. The van der Waals surface area contributed by atoms with Gasteiger partial charge in [0.15, 0.2) is 5.96 Å². The van der Waals surface area contributed by atoms with Gasteiger partial charge < -0.3 is 10.6 Å². The van der Waals surface area contributed by atoms with Crippen molar-refractivity contribution in [3.8, 4) is 0 Å². The maximum absolute atomic E-state index is 4.91. The molecule has 6 heteroatoms. The molecule has 0 spiro atoms. The molecule has 0 bridgehead atoms. The fourth-order valence-electron chi connectivity index (χ4n) is 3.26. The number of guanidine groups is 1. The van der Waals surface area contributed by atoms with Crippen LogP contribution in [0.2, 0.25) is 0 Å². The molecule has 2 aromatic rings. The number of benzene rings is 1. The van der Waals surface area contributed by atoms with Crippen LogP contribution in [-0.4, -0.2) is 35.4 Å². The standard InChI is InChI=1S/C21H33N5.HI/c1-5-21(6-2,19-11-9-8-10-12-19)17-24-20(22-7-3)23-14-13-18-15-25-26(4)16-18;/h8-12,15-16H,5-7,13-14,17H2,1-4H3,(H2,22,23,24);1H. The third kappa shape index (κ3) is 6.83.